The van der Waals surface area contributed by atoms with Crippen LogP contribution in [-0.2, 0) is 11.3 Å². The molecule has 6 heteroatoms. The lowest BCUT2D eigenvalue weighted by Gasteiger charge is -2.06. The van der Waals surface area contributed by atoms with Crippen molar-refractivity contribution in [3.8, 4) is 0 Å². The van der Waals surface area contributed by atoms with Gasteiger partial charge in [-0.3, -0.25) is 0 Å². The molecule has 1 aromatic heterocycles. The minimum Gasteiger partial charge on any atom is -0.461 e. The molecule has 1 heterocycles. The van der Waals surface area contributed by atoms with E-state index in [1.54, 1.807) is 11.6 Å². The molecular formula is C13H14BrN3O2. The number of hydrogen-bond acceptors (Lipinski definition) is 4. The van der Waals surface area contributed by atoms with E-state index in [9.17, 15) is 4.79 Å². The molecule has 0 aliphatic heterocycles. The van der Waals surface area contributed by atoms with Gasteiger partial charge < -0.3 is 4.74 Å². The number of nitrogens with zero attached hydrogens (tertiary/aromatic N) is 3. The Balaban J connectivity index is 2.23. The maximum Gasteiger partial charge on any atom is 0.360 e. The molecule has 0 aliphatic carbocycles. The molecule has 0 unspecified atom stereocenters. The van der Waals surface area contributed by atoms with Crippen LogP contribution in [-0.4, -0.2) is 27.6 Å². The normalized spacial score (nSPS) is 10.5. The Hall–Kier alpha value is -1.69. The van der Waals surface area contributed by atoms with Crippen LogP contribution in [0.25, 0.3) is 0 Å². The molecule has 5 nitrogen and oxygen atoms in total. The number of carbonyl (C=O) groups is 1. The highest BCUT2D eigenvalue weighted by Crippen LogP contribution is 2.18. The topological polar surface area (TPSA) is 57.0 Å². The second-order valence-electron chi connectivity index (χ2n) is 3.99. The first-order chi connectivity index (χ1) is 9.13. The summed E-state index contributed by atoms with van der Waals surface area (Å²) in [5.74, 6) is -0.432. The molecule has 1 aromatic carbocycles. The SMILES string of the molecule is CCOC(=O)c1nnn(Cc2ccccc2Br)c1C. The third-order valence-electron chi connectivity index (χ3n) is 2.73. The molecule has 0 spiro atoms. The Labute approximate surface area is 119 Å². The van der Waals surface area contributed by atoms with Crippen LogP contribution < -0.4 is 0 Å². The third kappa shape index (κ3) is 3.01. The molecule has 100 valence electrons. The van der Waals surface area contributed by atoms with Crippen LogP contribution in [0.3, 0.4) is 0 Å². The fraction of sp³-hybridized carbons (Fsp3) is 0.308. The molecule has 0 saturated carbocycles. The monoisotopic (exact) mass is 323 g/mol. The Morgan fingerprint density at radius 3 is 2.84 bits per heavy atom. The highest BCUT2D eigenvalue weighted by molar-refractivity contribution is 9.10. The number of carbonyl (C=O) groups excluding carboxylic acids is 1. The van der Waals surface area contributed by atoms with Crippen molar-refractivity contribution in [3.05, 3.63) is 45.7 Å². The van der Waals surface area contributed by atoms with Crippen LogP contribution in [0.1, 0.15) is 28.7 Å². The van der Waals surface area contributed by atoms with Crippen molar-refractivity contribution < 1.29 is 9.53 Å². The Kier molecular flexibility index (Phi) is 4.31. The van der Waals surface area contributed by atoms with Gasteiger partial charge in [-0.05, 0) is 25.5 Å². The van der Waals surface area contributed by atoms with Crippen molar-refractivity contribution >= 4 is 21.9 Å². The molecule has 19 heavy (non-hydrogen) atoms. The van der Waals surface area contributed by atoms with Gasteiger partial charge in [0.15, 0.2) is 5.69 Å². The lowest BCUT2D eigenvalue weighted by molar-refractivity contribution is 0.0518. The van der Waals surface area contributed by atoms with Crippen LogP contribution >= 0.6 is 15.9 Å². The minimum absolute atomic E-state index is 0.272. The van der Waals surface area contributed by atoms with Gasteiger partial charge >= 0.3 is 5.97 Å². The van der Waals surface area contributed by atoms with E-state index in [0.717, 1.165) is 10.0 Å². The van der Waals surface area contributed by atoms with Crippen molar-refractivity contribution in [2.24, 2.45) is 0 Å². The summed E-state index contributed by atoms with van der Waals surface area (Å²) in [6.45, 7) is 4.46. The van der Waals surface area contributed by atoms with Crippen LogP contribution in [0.5, 0.6) is 0 Å². The van der Waals surface area contributed by atoms with Crippen molar-refractivity contribution in [1.82, 2.24) is 15.0 Å². The molecule has 0 N–H and O–H groups in total. The fourth-order valence-electron chi connectivity index (χ4n) is 1.69. The zero-order valence-corrected chi connectivity index (χ0v) is 12.3. The molecule has 0 fully saturated rings. The van der Waals surface area contributed by atoms with Crippen LogP contribution in [0, 0.1) is 6.92 Å². The third-order valence-corrected chi connectivity index (χ3v) is 3.50. The van der Waals surface area contributed by atoms with Gasteiger partial charge in [-0.25, -0.2) is 9.48 Å². The van der Waals surface area contributed by atoms with Crippen LogP contribution in [0.4, 0.5) is 0 Å². The molecule has 0 aliphatic rings. The zero-order valence-electron chi connectivity index (χ0n) is 10.8. The highest BCUT2D eigenvalue weighted by atomic mass is 79.9. The van der Waals surface area contributed by atoms with Crippen molar-refractivity contribution in [1.29, 1.82) is 0 Å². The Morgan fingerprint density at radius 1 is 1.42 bits per heavy atom. The standard InChI is InChI=1S/C13H14BrN3O2/c1-3-19-13(18)12-9(2)17(16-15-12)8-10-6-4-5-7-11(10)14/h4-7H,3,8H2,1-2H3. The second-order valence-corrected chi connectivity index (χ2v) is 4.85. The van der Waals surface area contributed by atoms with Crippen LogP contribution in [0.2, 0.25) is 0 Å². The van der Waals surface area contributed by atoms with Crippen LogP contribution in [0.15, 0.2) is 28.7 Å². The zero-order chi connectivity index (χ0) is 13.8. The van der Waals surface area contributed by atoms with E-state index in [1.165, 1.54) is 0 Å². The minimum atomic E-state index is -0.432. The first-order valence-corrected chi connectivity index (χ1v) is 6.73. The number of benzene rings is 1. The van der Waals surface area contributed by atoms with E-state index in [4.69, 9.17) is 4.74 Å². The number of halogens is 1. The van der Waals surface area contributed by atoms with Gasteiger partial charge in [0, 0.05) is 4.47 Å². The molecule has 0 amide bonds. The number of rotatable bonds is 4. The van der Waals surface area contributed by atoms with Crippen molar-refractivity contribution in [2.75, 3.05) is 6.61 Å². The first-order valence-electron chi connectivity index (χ1n) is 5.94. The summed E-state index contributed by atoms with van der Waals surface area (Å²) in [7, 11) is 0. The van der Waals surface area contributed by atoms with Gasteiger partial charge in [-0.15, -0.1) is 5.10 Å². The van der Waals surface area contributed by atoms with Crippen molar-refractivity contribution in [2.45, 2.75) is 20.4 Å². The Morgan fingerprint density at radius 2 is 2.16 bits per heavy atom. The molecule has 0 radical (unpaired) electrons. The van der Waals surface area contributed by atoms with E-state index >= 15 is 0 Å². The van der Waals surface area contributed by atoms with Gasteiger partial charge in [0.25, 0.3) is 0 Å². The maximum atomic E-state index is 11.7. The molecule has 2 rings (SSSR count). The van der Waals surface area contributed by atoms with Gasteiger partial charge in [-0.1, -0.05) is 39.3 Å². The van der Waals surface area contributed by atoms with Gasteiger partial charge in [0.1, 0.15) is 0 Å². The van der Waals surface area contributed by atoms with Crippen molar-refractivity contribution in [3.63, 3.8) is 0 Å². The fourth-order valence-corrected chi connectivity index (χ4v) is 2.10. The lowest BCUT2D eigenvalue weighted by Crippen LogP contribution is -2.09. The van der Waals surface area contributed by atoms with Gasteiger partial charge in [0.2, 0.25) is 0 Å². The summed E-state index contributed by atoms with van der Waals surface area (Å²) in [4.78, 5) is 11.7. The first kappa shape index (κ1) is 13.7. The maximum absolute atomic E-state index is 11.7. The summed E-state index contributed by atoms with van der Waals surface area (Å²) in [6, 6.07) is 7.87. The average molecular weight is 324 g/mol. The molecule has 0 atom stereocenters. The summed E-state index contributed by atoms with van der Waals surface area (Å²) in [5.41, 5.74) is 2.05. The largest absolute Gasteiger partial charge is 0.461 e. The lowest BCUT2D eigenvalue weighted by atomic mass is 10.2. The Bertz CT molecular complexity index is 595. The van der Waals surface area contributed by atoms with E-state index in [-0.39, 0.29) is 5.69 Å². The summed E-state index contributed by atoms with van der Waals surface area (Å²) < 4.78 is 7.62. The van der Waals surface area contributed by atoms with E-state index < -0.39 is 5.97 Å². The number of hydrogen-bond donors (Lipinski definition) is 0. The predicted molar refractivity (Wildman–Crippen MR) is 74.0 cm³/mol. The van der Waals surface area contributed by atoms with E-state index in [1.807, 2.05) is 31.2 Å². The number of esters is 1. The predicted octanol–water partition coefficient (Wildman–Crippen LogP) is 2.57. The summed E-state index contributed by atoms with van der Waals surface area (Å²) in [6.07, 6.45) is 0. The van der Waals surface area contributed by atoms with Gasteiger partial charge in [-0.2, -0.15) is 0 Å². The van der Waals surface area contributed by atoms with E-state index in [2.05, 4.69) is 26.2 Å². The summed E-state index contributed by atoms with van der Waals surface area (Å²) >= 11 is 3.49. The molecule has 0 saturated heterocycles. The molecular weight excluding hydrogens is 310 g/mol. The summed E-state index contributed by atoms with van der Waals surface area (Å²) in [5, 5.41) is 7.88. The number of aromatic nitrogens is 3. The second kappa shape index (κ2) is 5.97. The quantitative estimate of drug-likeness (QED) is 0.811. The molecule has 2 aromatic rings. The molecule has 0 bridgehead atoms. The van der Waals surface area contributed by atoms with E-state index in [0.29, 0.717) is 18.8 Å². The number of ether oxygens (including phenoxy) is 1. The average Bonchev–Trinajstić information content (AvgIpc) is 2.74. The smallest absolute Gasteiger partial charge is 0.360 e. The highest BCUT2D eigenvalue weighted by Gasteiger charge is 2.17. The van der Waals surface area contributed by atoms with Gasteiger partial charge in [0.05, 0.1) is 18.8 Å².